The Bertz CT molecular complexity index is 1350. The van der Waals surface area contributed by atoms with E-state index in [4.69, 9.17) is 4.74 Å². The van der Waals surface area contributed by atoms with Crippen LogP contribution in [0, 0.1) is 11.6 Å². The van der Waals surface area contributed by atoms with Gasteiger partial charge in [-0.15, -0.1) is 0 Å². The van der Waals surface area contributed by atoms with Crippen LogP contribution >= 0.6 is 0 Å². The molecule has 2 heterocycles. The molecule has 0 fully saturated rings. The highest BCUT2D eigenvalue weighted by Gasteiger charge is 2.14. The second kappa shape index (κ2) is 7.58. The average Bonchev–Trinajstić information content (AvgIpc) is 3.15. The number of nitrogens with zero attached hydrogens (tertiary/aromatic N) is 4. The van der Waals surface area contributed by atoms with Gasteiger partial charge in [-0.2, -0.15) is 0 Å². The van der Waals surface area contributed by atoms with E-state index < -0.39 is 22.9 Å². The molecule has 7 nitrogen and oxygen atoms in total. The third-order valence-corrected chi connectivity index (χ3v) is 4.91. The van der Waals surface area contributed by atoms with Crippen LogP contribution in [0.25, 0.3) is 22.3 Å². The summed E-state index contributed by atoms with van der Waals surface area (Å²) in [6.07, 6.45) is 1.50. The maximum Gasteiger partial charge on any atom is 0.332 e. The van der Waals surface area contributed by atoms with Gasteiger partial charge in [-0.1, -0.05) is 12.1 Å². The molecule has 0 aliphatic carbocycles. The van der Waals surface area contributed by atoms with E-state index in [2.05, 4.69) is 4.98 Å². The summed E-state index contributed by atoms with van der Waals surface area (Å²) in [5.41, 5.74) is 0.682. The van der Waals surface area contributed by atoms with Gasteiger partial charge >= 0.3 is 5.69 Å². The van der Waals surface area contributed by atoms with E-state index in [0.717, 1.165) is 10.6 Å². The molecule has 0 saturated heterocycles. The lowest BCUT2D eigenvalue weighted by molar-refractivity contribution is 0.300. The number of benzene rings is 2. The van der Waals surface area contributed by atoms with Gasteiger partial charge in [0.25, 0.3) is 5.56 Å². The minimum Gasteiger partial charge on any atom is -0.492 e. The molecule has 0 bridgehead atoms. The number of hydrogen-bond donors (Lipinski definition) is 0. The number of imidazole rings is 1. The van der Waals surface area contributed by atoms with Gasteiger partial charge in [0.1, 0.15) is 24.0 Å². The van der Waals surface area contributed by atoms with Gasteiger partial charge < -0.3 is 9.30 Å². The number of rotatable bonds is 5. The molecule has 2 aromatic heterocycles. The van der Waals surface area contributed by atoms with E-state index in [1.807, 2.05) is 0 Å². The highest BCUT2D eigenvalue weighted by atomic mass is 19.1. The van der Waals surface area contributed by atoms with Crippen molar-refractivity contribution >= 4 is 11.2 Å². The van der Waals surface area contributed by atoms with Gasteiger partial charge in [-0.25, -0.2) is 18.6 Å². The van der Waals surface area contributed by atoms with Gasteiger partial charge in [-0.3, -0.25) is 13.9 Å². The highest BCUT2D eigenvalue weighted by molar-refractivity contribution is 5.70. The molecule has 0 radical (unpaired) electrons. The summed E-state index contributed by atoms with van der Waals surface area (Å²) in [7, 11) is 2.98. The Hall–Kier alpha value is -3.75. The van der Waals surface area contributed by atoms with Crippen molar-refractivity contribution in [3.05, 3.63) is 81.3 Å². The summed E-state index contributed by atoms with van der Waals surface area (Å²) < 4.78 is 36.7. The quantitative estimate of drug-likeness (QED) is 0.505. The van der Waals surface area contributed by atoms with Crippen molar-refractivity contribution in [1.29, 1.82) is 0 Å². The molecule has 0 spiro atoms. The molecule has 0 amide bonds. The van der Waals surface area contributed by atoms with Crippen molar-refractivity contribution in [3.63, 3.8) is 0 Å². The van der Waals surface area contributed by atoms with E-state index in [9.17, 15) is 18.4 Å². The first kappa shape index (κ1) is 19.6. The number of ether oxygens (including phenoxy) is 1. The van der Waals surface area contributed by atoms with Crippen molar-refractivity contribution < 1.29 is 13.5 Å². The summed E-state index contributed by atoms with van der Waals surface area (Å²) in [6, 6.07) is 10.2. The molecular formula is C21H18F2N4O3. The fourth-order valence-corrected chi connectivity index (χ4v) is 3.28. The number of fused-ring (bicyclic) bond motifs is 1. The van der Waals surface area contributed by atoms with Crippen LogP contribution in [0.5, 0.6) is 5.75 Å². The van der Waals surface area contributed by atoms with Crippen molar-refractivity contribution in [3.8, 4) is 16.9 Å². The third-order valence-electron chi connectivity index (χ3n) is 4.91. The monoisotopic (exact) mass is 412 g/mol. The number of aryl methyl sites for hydroxylation is 1. The Morgan fingerprint density at radius 2 is 1.73 bits per heavy atom. The summed E-state index contributed by atoms with van der Waals surface area (Å²) in [4.78, 5) is 28.6. The van der Waals surface area contributed by atoms with Crippen LogP contribution in [0.2, 0.25) is 0 Å². The fraction of sp³-hybridized carbons (Fsp3) is 0.190. The largest absolute Gasteiger partial charge is 0.492 e. The Kier molecular flexibility index (Phi) is 4.94. The van der Waals surface area contributed by atoms with Crippen LogP contribution in [-0.2, 0) is 20.6 Å². The summed E-state index contributed by atoms with van der Waals surface area (Å²) in [5, 5.41) is 0. The highest BCUT2D eigenvalue weighted by Crippen LogP contribution is 2.25. The number of halogens is 2. The van der Waals surface area contributed by atoms with Gasteiger partial charge in [-0.05, 0) is 29.8 Å². The molecule has 0 saturated carbocycles. The van der Waals surface area contributed by atoms with E-state index in [-0.39, 0.29) is 6.61 Å². The molecule has 4 rings (SSSR count). The predicted molar refractivity (Wildman–Crippen MR) is 108 cm³/mol. The molecule has 0 N–H and O–H groups in total. The molecule has 0 atom stereocenters. The minimum atomic E-state index is -0.633. The summed E-state index contributed by atoms with van der Waals surface area (Å²) in [6.45, 7) is 0.597. The van der Waals surface area contributed by atoms with Crippen molar-refractivity contribution in [2.24, 2.45) is 14.1 Å². The Balaban J connectivity index is 1.49. The van der Waals surface area contributed by atoms with Crippen LogP contribution in [0.3, 0.4) is 0 Å². The lowest BCUT2D eigenvalue weighted by atomic mass is 10.1. The molecule has 2 aromatic carbocycles. The number of aromatic nitrogens is 4. The molecule has 9 heteroatoms. The summed E-state index contributed by atoms with van der Waals surface area (Å²) >= 11 is 0. The Morgan fingerprint density at radius 1 is 1.00 bits per heavy atom. The second-order valence-corrected chi connectivity index (χ2v) is 6.81. The van der Waals surface area contributed by atoms with Crippen LogP contribution in [0.15, 0.2) is 58.4 Å². The molecule has 154 valence electrons. The zero-order valence-corrected chi connectivity index (χ0v) is 16.3. The van der Waals surface area contributed by atoms with Crippen molar-refractivity contribution in [2.75, 3.05) is 6.61 Å². The molecule has 30 heavy (non-hydrogen) atoms. The fourth-order valence-electron chi connectivity index (χ4n) is 3.28. The van der Waals surface area contributed by atoms with Gasteiger partial charge in [0.15, 0.2) is 11.2 Å². The standard InChI is InChI=1S/C21H18F2N4O3/c1-25-19-18(20(28)26(2)21(25)29)27(12-24-19)9-10-30-15-6-3-13(4-7-15)16-8-5-14(22)11-17(16)23/h3-8,11-12H,9-10H2,1-2H3. The maximum atomic E-state index is 13.9. The SMILES string of the molecule is Cn1c(=O)c2c(ncn2CCOc2ccc(-c3ccc(F)cc3F)cc2)n(C)c1=O. The minimum absolute atomic E-state index is 0.252. The topological polar surface area (TPSA) is 71.0 Å². The Morgan fingerprint density at radius 3 is 2.43 bits per heavy atom. The van der Waals surface area contributed by atoms with Gasteiger partial charge in [0.05, 0.1) is 12.9 Å². The van der Waals surface area contributed by atoms with E-state index in [1.54, 1.807) is 35.9 Å². The maximum absolute atomic E-state index is 13.9. The lowest BCUT2D eigenvalue weighted by Gasteiger charge is -2.10. The van der Waals surface area contributed by atoms with Crippen LogP contribution in [0.1, 0.15) is 0 Å². The van der Waals surface area contributed by atoms with Gasteiger partial charge in [0.2, 0.25) is 0 Å². The zero-order valence-electron chi connectivity index (χ0n) is 16.3. The predicted octanol–water partition coefficient (Wildman–Crippen LogP) is 2.46. The molecule has 0 aliphatic rings. The number of hydrogen-bond acceptors (Lipinski definition) is 4. The Labute approximate surface area is 169 Å². The molecule has 0 aliphatic heterocycles. The second-order valence-electron chi connectivity index (χ2n) is 6.81. The first-order chi connectivity index (χ1) is 14.4. The first-order valence-corrected chi connectivity index (χ1v) is 9.16. The van der Waals surface area contributed by atoms with Crippen LogP contribution in [0.4, 0.5) is 8.78 Å². The summed E-state index contributed by atoms with van der Waals surface area (Å²) in [5.74, 6) is -0.698. The molecular weight excluding hydrogens is 394 g/mol. The van der Waals surface area contributed by atoms with E-state index in [0.29, 0.717) is 34.6 Å². The average molecular weight is 412 g/mol. The normalized spacial score (nSPS) is 11.2. The lowest BCUT2D eigenvalue weighted by Crippen LogP contribution is -2.37. The van der Waals surface area contributed by atoms with Crippen molar-refractivity contribution in [1.82, 2.24) is 18.7 Å². The van der Waals surface area contributed by atoms with Crippen molar-refractivity contribution in [2.45, 2.75) is 6.54 Å². The smallest absolute Gasteiger partial charge is 0.332 e. The van der Waals surface area contributed by atoms with Gasteiger partial charge in [0, 0.05) is 25.7 Å². The first-order valence-electron chi connectivity index (χ1n) is 9.16. The zero-order chi connectivity index (χ0) is 21.4. The molecule has 0 unspecified atom stereocenters. The molecule has 4 aromatic rings. The van der Waals surface area contributed by atoms with Crippen LogP contribution < -0.4 is 16.0 Å². The van der Waals surface area contributed by atoms with E-state index in [1.165, 1.54) is 30.1 Å². The van der Waals surface area contributed by atoms with Crippen LogP contribution in [-0.4, -0.2) is 25.3 Å². The third kappa shape index (κ3) is 3.38. The van der Waals surface area contributed by atoms with E-state index >= 15 is 0 Å².